The Labute approximate surface area is 122 Å². The van der Waals surface area contributed by atoms with Gasteiger partial charge in [0.25, 0.3) is 0 Å². The van der Waals surface area contributed by atoms with Gasteiger partial charge in [-0.3, -0.25) is 0 Å². The summed E-state index contributed by atoms with van der Waals surface area (Å²) in [6, 6.07) is 0. The molecular formula is C12H21BN2O4S. The molecule has 6 nitrogen and oxygen atoms in total. The Kier molecular flexibility index (Phi) is 6.09. The van der Waals surface area contributed by atoms with Gasteiger partial charge in [0, 0.05) is 36.9 Å². The number of nitrogens with two attached hydrogens (primary N) is 1. The summed E-state index contributed by atoms with van der Waals surface area (Å²) < 4.78 is 24.9. The van der Waals surface area contributed by atoms with Crippen LogP contribution in [0.4, 0.5) is 0 Å². The van der Waals surface area contributed by atoms with Crippen molar-refractivity contribution in [1.29, 1.82) is 0 Å². The van der Waals surface area contributed by atoms with Crippen LogP contribution in [0.15, 0.2) is 23.8 Å². The summed E-state index contributed by atoms with van der Waals surface area (Å²) >= 11 is -0.992. The Balaban J connectivity index is 1.81. The van der Waals surface area contributed by atoms with Crippen molar-refractivity contribution in [2.45, 2.75) is 24.4 Å². The molecule has 1 aliphatic heterocycles. The van der Waals surface area contributed by atoms with Crippen molar-refractivity contribution in [2.24, 2.45) is 5.73 Å². The van der Waals surface area contributed by atoms with Crippen LogP contribution in [0.25, 0.3) is 0 Å². The molecule has 0 aromatic carbocycles. The minimum Gasteiger partial charge on any atom is -0.598 e. The van der Waals surface area contributed by atoms with Gasteiger partial charge in [0.1, 0.15) is 6.26 Å². The van der Waals surface area contributed by atoms with Crippen LogP contribution in [0.3, 0.4) is 0 Å². The fraction of sp³-hybridized carbons (Fsp3) is 0.667. The molecule has 0 radical (unpaired) electrons. The molecule has 0 bridgehead atoms. The molecule has 112 valence electrons. The molecular weight excluding hydrogens is 279 g/mol. The molecule has 0 saturated carbocycles. The van der Waals surface area contributed by atoms with Crippen LogP contribution in [-0.2, 0) is 20.8 Å². The van der Waals surface area contributed by atoms with Crippen molar-refractivity contribution in [3.05, 3.63) is 23.8 Å². The molecule has 0 aromatic rings. The number of hydrogen-bond donors (Lipinski definition) is 3. The van der Waals surface area contributed by atoms with Crippen LogP contribution >= 0.6 is 0 Å². The molecule has 1 aliphatic carbocycles. The Morgan fingerprint density at radius 3 is 3.15 bits per heavy atom. The molecule has 0 aromatic heterocycles. The average molecular weight is 300 g/mol. The van der Waals surface area contributed by atoms with Crippen LogP contribution in [0.2, 0.25) is 5.82 Å². The van der Waals surface area contributed by atoms with E-state index in [1.807, 2.05) is 18.2 Å². The zero-order valence-corrected chi connectivity index (χ0v) is 12.3. The van der Waals surface area contributed by atoms with Gasteiger partial charge in [-0.05, 0) is 12.0 Å². The molecule has 8 heteroatoms. The smallest absolute Gasteiger partial charge is 0.465 e. The van der Waals surface area contributed by atoms with Gasteiger partial charge >= 0.3 is 7.12 Å². The SMILES string of the molecule is C[S+]([O-])NCCCOC1C=CC=C2C(CN)OB(O)C21. The first-order valence-corrected chi connectivity index (χ1v) is 8.29. The number of rotatable bonds is 7. The third-order valence-corrected chi connectivity index (χ3v) is 4.07. The first-order chi connectivity index (χ1) is 9.63. The first-order valence-electron chi connectivity index (χ1n) is 6.74. The second kappa shape index (κ2) is 7.60. The lowest BCUT2D eigenvalue weighted by Crippen LogP contribution is -2.31. The van der Waals surface area contributed by atoms with Gasteiger partial charge < -0.3 is 24.7 Å². The summed E-state index contributed by atoms with van der Waals surface area (Å²) in [7, 11) is -0.869. The van der Waals surface area contributed by atoms with E-state index in [9.17, 15) is 9.58 Å². The number of ether oxygens (including phenoxy) is 1. The topological polar surface area (TPSA) is 99.8 Å². The molecule has 1 fully saturated rings. The Hall–Kier alpha value is -0.345. The molecule has 1 saturated heterocycles. The minimum atomic E-state index is -0.992. The summed E-state index contributed by atoms with van der Waals surface area (Å²) in [4.78, 5) is 0. The molecule has 0 spiro atoms. The zero-order chi connectivity index (χ0) is 14.5. The van der Waals surface area contributed by atoms with Crippen molar-refractivity contribution >= 4 is 18.5 Å². The predicted octanol–water partition coefficient (Wildman–Crippen LogP) is -0.651. The molecule has 0 amide bonds. The second-order valence-electron chi connectivity index (χ2n) is 4.87. The van der Waals surface area contributed by atoms with Crippen LogP contribution in [0, 0.1) is 0 Å². The largest absolute Gasteiger partial charge is 0.598 e. The average Bonchev–Trinajstić information content (AvgIpc) is 2.75. The van der Waals surface area contributed by atoms with E-state index in [0.717, 1.165) is 12.0 Å². The van der Waals surface area contributed by atoms with Crippen molar-refractivity contribution < 1.29 is 19.0 Å². The number of nitrogens with one attached hydrogen (secondary N) is 1. The normalized spacial score (nSPS) is 30.3. The maximum atomic E-state index is 10.8. The van der Waals surface area contributed by atoms with E-state index in [2.05, 4.69) is 4.72 Å². The quantitative estimate of drug-likeness (QED) is 0.328. The van der Waals surface area contributed by atoms with Crippen molar-refractivity contribution in [3.63, 3.8) is 0 Å². The molecule has 4 N–H and O–H groups in total. The van der Waals surface area contributed by atoms with Gasteiger partial charge in [0.2, 0.25) is 0 Å². The lowest BCUT2D eigenvalue weighted by atomic mass is 9.66. The molecule has 4 unspecified atom stereocenters. The van der Waals surface area contributed by atoms with Crippen LogP contribution in [0.1, 0.15) is 6.42 Å². The lowest BCUT2D eigenvalue weighted by Gasteiger charge is -2.25. The highest BCUT2D eigenvalue weighted by Crippen LogP contribution is 2.40. The molecule has 2 rings (SSSR count). The summed E-state index contributed by atoms with van der Waals surface area (Å²) in [6.07, 6.45) is 7.71. The Bertz CT molecular complexity index is 380. The number of allylic oxidation sites excluding steroid dienone is 2. The fourth-order valence-corrected chi connectivity index (χ4v) is 2.97. The second-order valence-corrected chi connectivity index (χ2v) is 6.06. The maximum Gasteiger partial charge on any atom is 0.465 e. The van der Waals surface area contributed by atoms with E-state index in [1.54, 1.807) is 6.26 Å². The number of fused-ring (bicyclic) bond motifs is 1. The van der Waals surface area contributed by atoms with E-state index in [-0.39, 0.29) is 18.0 Å². The third kappa shape index (κ3) is 3.85. The lowest BCUT2D eigenvalue weighted by molar-refractivity contribution is 0.0809. The predicted molar refractivity (Wildman–Crippen MR) is 79.3 cm³/mol. The molecule has 2 aliphatic rings. The van der Waals surface area contributed by atoms with Gasteiger partial charge in [-0.15, -0.1) is 4.72 Å². The minimum absolute atomic E-state index is 0.179. The monoisotopic (exact) mass is 300 g/mol. The van der Waals surface area contributed by atoms with Crippen LogP contribution < -0.4 is 10.5 Å². The molecule has 1 heterocycles. The first kappa shape index (κ1) is 16.0. The zero-order valence-electron chi connectivity index (χ0n) is 11.5. The van der Waals surface area contributed by atoms with E-state index < -0.39 is 18.5 Å². The van der Waals surface area contributed by atoms with Crippen molar-refractivity contribution in [2.75, 3.05) is 26.0 Å². The molecule has 4 atom stereocenters. The fourth-order valence-electron chi connectivity index (χ4n) is 2.54. The maximum absolute atomic E-state index is 10.8. The van der Waals surface area contributed by atoms with Gasteiger partial charge in [-0.1, -0.05) is 18.2 Å². The van der Waals surface area contributed by atoms with Crippen molar-refractivity contribution in [3.8, 4) is 0 Å². The standard InChI is InChI=1S/C12H21BN2O4S/c1-20(17)15-6-3-7-18-10-5-2-4-9-11(8-14)19-13(16)12(9)10/h2,4-5,10-12,15-16H,3,6-8,14H2,1H3. The Morgan fingerprint density at radius 1 is 1.65 bits per heavy atom. The van der Waals surface area contributed by atoms with Gasteiger partial charge in [-0.2, -0.15) is 0 Å². The third-order valence-electron chi connectivity index (χ3n) is 3.46. The summed E-state index contributed by atoms with van der Waals surface area (Å²) in [5.74, 6) is -0.179. The van der Waals surface area contributed by atoms with Gasteiger partial charge in [0.15, 0.2) is 0 Å². The van der Waals surface area contributed by atoms with Gasteiger partial charge in [-0.25, -0.2) is 0 Å². The number of hydrogen-bond acceptors (Lipinski definition) is 6. The highest BCUT2D eigenvalue weighted by Gasteiger charge is 2.47. The molecule has 20 heavy (non-hydrogen) atoms. The highest BCUT2D eigenvalue weighted by molar-refractivity contribution is 7.88. The van der Waals surface area contributed by atoms with E-state index in [0.29, 0.717) is 19.7 Å². The van der Waals surface area contributed by atoms with E-state index in [1.165, 1.54) is 0 Å². The summed E-state index contributed by atoms with van der Waals surface area (Å²) in [6.45, 7) is 1.52. The van der Waals surface area contributed by atoms with Crippen LogP contribution in [0.5, 0.6) is 0 Å². The van der Waals surface area contributed by atoms with Crippen molar-refractivity contribution in [1.82, 2.24) is 4.72 Å². The van der Waals surface area contributed by atoms with E-state index in [4.69, 9.17) is 15.1 Å². The highest BCUT2D eigenvalue weighted by atomic mass is 32.2. The van der Waals surface area contributed by atoms with Crippen LogP contribution in [-0.4, -0.2) is 54.9 Å². The Morgan fingerprint density at radius 2 is 2.45 bits per heavy atom. The summed E-state index contributed by atoms with van der Waals surface area (Å²) in [5, 5.41) is 9.99. The van der Waals surface area contributed by atoms with Gasteiger partial charge in [0.05, 0.1) is 12.2 Å². The van der Waals surface area contributed by atoms with E-state index >= 15 is 0 Å². The summed E-state index contributed by atoms with van der Waals surface area (Å²) in [5.41, 5.74) is 6.64.